The summed E-state index contributed by atoms with van der Waals surface area (Å²) in [6, 6.07) is 4.89. The number of nitrogens with one attached hydrogen (secondary N) is 1. The number of rotatable bonds is 5. The van der Waals surface area contributed by atoms with Crippen LogP contribution < -0.4 is 5.32 Å². The molecular formula is C13H15BrN4O2. The highest BCUT2D eigenvalue weighted by Crippen LogP contribution is 2.28. The molecule has 106 valence electrons. The summed E-state index contributed by atoms with van der Waals surface area (Å²) in [6.45, 7) is 2.70. The van der Waals surface area contributed by atoms with Gasteiger partial charge in [0, 0.05) is 37.1 Å². The summed E-state index contributed by atoms with van der Waals surface area (Å²) in [6.07, 6.45) is 2.86. The lowest BCUT2D eigenvalue weighted by Gasteiger charge is -2.06. The number of hydrogen-bond donors (Lipinski definition) is 1. The summed E-state index contributed by atoms with van der Waals surface area (Å²) < 4.78 is 2.26. The highest BCUT2D eigenvalue weighted by atomic mass is 79.9. The lowest BCUT2D eigenvalue weighted by molar-refractivity contribution is -0.385. The van der Waals surface area contributed by atoms with Crippen LogP contribution in [0.2, 0.25) is 0 Å². The average Bonchev–Trinajstić information content (AvgIpc) is 2.76. The molecule has 0 aliphatic heterocycles. The Balaban J connectivity index is 2.11. The third-order valence-electron chi connectivity index (χ3n) is 2.95. The minimum Gasteiger partial charge on any atom is -0.381 e. The number of nitro benzene ring substituents is 1. The Bertz CT molecular complexity index is 639. The molecule has 0 spiro atoms. The van der Waals surface area contributed by atoms with Gasteiger partial charge in [-0.1, -0.05) is 6.92 Å². The smallest absolute Gasteiger partial charge is 0.283 e. The van der Waals surface area contributed by atoms with E-state index in [0.29, 0.717) is 11.0 Å². The standard InChI is InChI=1S/C13H15BrN4O2/c1-3-12-9(8-17(2)16-12)7-15-10-4-5-13(18(19)20)11(14)6-10/h4-6,8,15H,3,7H2,1-2H3. The molecule has 0 bridgehead atoms. The van der Waals surface area contributed by atoms with E-state index < -0.39 is 4.92 Å². The van der Waals surface area contributed by atoms with Gasteiger partial charge in [0.2, 0.25) is 0 Å². The molecule has 2 rings (SSSR count). The van der Waals surface area contributed by atoms with Crippen LogP contribution in [-0.4, -0.2) is 14.7 Å². The number of benzene rings is 1. The first-order valence-corrected chi connectivity index (χ1v) is 6.99. The zero-order valence-corrected chi connectivity index (χ0v) is 12.8. The summed E-state index contributed by atoms with van der Waals surface area (Å²) in [4.78, 5) is 10.3. The van der Waals surface area contributed by atoms with Crippen molar-refractivity contribution in [3.05, 3.63) is 50.2 Å². The van der Waals surface area contributed by atoms with Crippen molar-refractivity contribution in [2.45, 2.75) is 19.9 Å². The first kappa shape index (κ1) is 14.5. The first-order chi connectivity index (χ1) is 9.51. The molecule has 0 radical (unpaired) electrons. The molecule has 0 unspecified atom stereocenters. The van der Waals surface area contributed by atoms with Gasteiger partial charge < -0.3 is 5.32 Å². The number of anilines is 1. The van der Waals surface area contributed by atoms with E-state index >= 15 is 0 Å². The third-order valence-corrected chi connectivity index (χ3v) is 3.59. The molecular weight excluding hydrogens is 324 g/mol. The van der Waals surface area contributed by atoms with Crippen LogP contribution in [0.1, 0.15) is 18.2 Å². The lowest BCUT2D eigenvalue weighted by Crippen LogP contribution is -2.01. The SMILES string of the molecule is CCc1nn(C)cc1CNc1ccc([N+](=O)[O-])c(Br)c1. The van der Waals surface area contributed by atoms with Crippen molar-refractivity contribution in [3.8, 4) is 0 Å². The van der Waals surface area contributed by atoms with Crippen LogP contribution in [0.5, 0.6) is 0 Å². The maximum atomic E-state index is 10.7. The van der Waals surface area contributed by atoms with Crippen LogP contribution in [0.4, 0.5) is 11.4 Å². The quantitative estimate of drug-likeness (QED) is 0.670. The van der Waals surface area contributed by atoms with Gasteiger partial charge in [-0.05, 0) is 34.5 Å². The van der Waals surface area contributed by atoms with Gasteiger partial charge in [0.1, 0.15) is 0 Å². The molecule has 0 aliphatic carbocycles. The number of aromatic nitrogens is 2. The average molecular weight is 339 g/mol. The normalized spacial score (nSPS) is 10.6. The van der Waals surface area contributed by atoms with Crippen LogP contribution in [0.15, 0.2) is 28.9 Å². The van der Waals surface area contributed by atoms with Gasteiger partial charge in [0.15, 0.2) is 0 Å². The molecule has 1 heterocycles. The van der Waals surface area contributed by atoms with Crippen molar-refractivity contribution >= 4 is 27.3 Å². The monoisotopic (exact) mass is 338 g/mol. The number of aryl methyl sites for hydroxylation is 2. The fraction of sp³-hybridized carbons (Fsp3) is 0.308. The Morgan fingerprint density at radius 2 is 2.25 bits per heavy atom. The fourth-order valence-electron chi connectivity index (χ4n) is 1.99. The lowest BCUT2D eigenvalue weighted by atomic mass is 10.2. The zero-order valence-electron chi connectivity index (χ0n) is 11.3. The summed E-state index contributed by atoms with van der Waals surface area (Å²) in [5, 5.41) is 18.4. The Kier molecular flexibility index (Phi) is 4.39. The van der Waals surface area contributed by atoms with Crippen LogP contribution in [0.3, 0.4) is 0 Å². The van der Waals surface area contributed by atoms with E-state index in [1.807, 2.05) is 13.2 Å². The van der Waals surface area contributed by atoms with Crippen LogP contribution in [-0.2, 0) is 20.0 Å². The number of halogens is 1. The number of hydrogen-bond acceptors (Lipinski definition) is 4. The molecule has 2 aromatic rings. The summed E-state index contributed by atoms with van der Waals surface area (Å²) >= 11 is 3.21. The summed E-state index contributed by atoms with van der Waals surface area (Å²) in [5.74, 6) is 0. The minimum absolute atomic E-state index is 0.0613. The Labute approximate surface area is 125 Å². The molecule has 6 nitrogen and oxygen atoms in total. The van der Waals surface area contributed by atoms with Gasteiger partial charge in [-0.15, -0.1) is 0 Å². The van der Waals surface area contributed by atoms with E-state index in [4.69, 9.17) is 0 Å². The topological polar surface area (TPSA) is 73.0 Å². The predicted molar refractivity (Wildman–Crippen MR) is 80.7 cm³/mol. The van der Waals surface area contributed by atoms with Gasteiger partial charge >= 0.3 is 0 Å². The Hall–Kier alpha value is -1.89. The summed E-state index contributed by atoms with van der Waals surface area (Å²) in [7, 11) is 1.89. The van der Waals surface area contributed by atoms with Crippen LogP contribution in [0.25, 0.3) is 0 Å². The van der Waals surface area contributed by atoms with Crippen molar-refractivity contribution in [2.75, 3.05) is 5.32 Å². The van der Waals surface area contributed by atoms with E-state index in [-0.39, 0.29) is 5.69 Å². The molecule has 0 saturated carbocycles. The second kappa shape index (κ2) is 6.04. The van der Waals surface area contributed by atoms with Gasteiger partial charge in [-0.25, -0.2) is 0 Å². The molecule has 0 atom stereocenters. The van der Waals surface area contributed by atoms with Crippen LogP contribution >= 0.6 is 15.9 Å². The largest absolute Gasteiger partial charge is 0.381 e. The molecule has 7 heteroatoms. The molecule has 0 aliphatic rings. The van der Waals surface area contributed by atoms with Crippen molar-refractivity contribution in [3.63, 3.8) is 0 Å². The van der Waals surface area contributed by atoms with E-state index in [9.17, 15) is 10.1 Å². The van der Waals surface area contributed by atoms with E-state index in [1.54, 1.807) is 16.8 Å². The summed E-state index contributed by atoms with van der Waals surface area (Å²) in [5.41, 5.74) is 3.07. The first-order valence-electron chi connectivity index (χ1n) is 6.20. The molecule has 1 aromatic heterocycles. The van der Waals surface area contributed by atoms with Crippen molar-refractivity contribution in [1.29, 1.82) is 0 Å². The molecule has 0 fully saturated rings. The minimum atomic E-state index is -0.413. The van der Waals surface area contributed by atoms with Crippen molar-refractivity contribution < 1.29 is 4.92 Å². The van der Waals surface area contributed by atoms with E-state index in [2.05, 4.69) is 33.3 Å². The van der Waals surface area contributed by atoms with Crippen LogP contribution in [0, 0.1) is 10.1 Å². The fourth-order valence-corrected chi connectivity index (χ4v) is 2.51. The molecule has 20 heavy (non-hydrogen) atoms. The molecule has 1 N–H and O–H groups in total. The molecule has 0 amide bonds. The number of nitro groups is 1. The van der Waals surface area contributed by atoms with Gasteiger partial charge in [0.05, 0.1) is 15.1 Å². The predicted octanol–water partition coefficient (Wildman–Crippen LogP) is 3.27. The second-order valence-corrected chi connectivity index (χ2v) is 5.26. The Morgan fingerprint density at radius 1 is 1.50 bits per heavy atom. The maximum Gasteiger partial charge on any atom is 0.283 e. The van der Waals surface area contributed by atoms with Gasteiger partial charge in [-0.3, -0.25) is 14.8 Å². The third kappa shape index (κ3) is 3.16. The van der Waals surface area contributed by atoms with E-state index in [1.165, 1.54) is 6.07 Å². The number of nitrogens with zero attached hydrogens (tertiary/aromatic N) is 3. The zero-order chi connectivity index (χ0) is 14.7. The highest BCUT2D eigenvalue weighted by Gasteiger charge is 2.12. The molecule has 1 aromatic carbocycles. The molecule has 0 saturated heterocycles. The van der Waals surface area contributed by atoms with Gasteiger partial charge in [-0.2, -0.15) is 5.10 Å². The highest BCUT2D eigenvalue weighted by molar-refractivity contribution is 9.10. The Morgan fingerprint density at radius 3 is 2.85 bits per heavy atom. The maximum absolute atomic E-state index is 10.7. The van der Waals surface area contributed by atoms with Gasteiger partial charge in [0.25, 0.3) is 5.69 Å². The van der Waals surface area contributed by atoms with E-state index in [0.717, 1.165) is 23.4 Å². The second-order valence-electron chi connectivity index (χ2n) is 4.41. The van der Waals surface area contributed by atoms with Crippen molar-refractivity contribution in [2.24, 2.45) is 7.05 Å². The van der Waals surface area contributed by atoms with Crippen molar-refractivity contribution in [1.82, 2.24) is 9.78 Å².